The molecule has 0 aromatic heterocycles. The number of nitrogens with one attached hydrogen (secondary N) is 1. The van der Waals surface area contributed by atoms with Gasteiger partial charge in [-0.2, -0.15) is 0 Å². The zero-order chi connectivity index (χ0) is 17.6. The maximum Gasteiger partial charge on any atom is 0.237 e. The van der Waals surface area contributed by atoms with Gasteiger partial charge in [-0.15, -0.1) is 0 Å². The van der Waals surface area contributed by atoms with Crippen LogP contribution >= 0.6 is 0 Å². The van der Waals surface area contributed by atoms with Crippen LogP contribution in [0.4, 0.5) is 0 Å². The summed E-state index contributed by atoms with van der Waals surface area (Å²) in [6.45, 7) is 3.97. The molecule has 1 heterocycles. The molecule has 1 unspecified atom stereocenters. The fourth-order valence-corrected chi connectivity index (χ4v) is 3.20. The van der Waals surface area contributed by atoms with E-state index in [4.69, 9.17) is 10.5 Å². The molecular weight excluding hydrogens is 312 g/mol. The van der Waals surface area contributed by atoms with Crippen molar-refractivity contribution in [3.8, 4) is 11.1 Å². The van der Waals surface area contributed by atoms with Crippen LogP contribution in [0.1, 0.15) is 24.0 Å². The van der Waals surface area contributed by atoms with Gasteiger partial charge in [0, 0.05) is 19.8 Å². The first-order chi connectivity index (χ1) is 12.1. The lowest BCUT2D eigenvalue weighted by Gasteiger charge is -2.26. The van der Waals surface area contributed by atoms with Crippen molar-refractivity contribution in [2.45, 2.75) is 32.4 Å². The maximum atomic E-state index is 12.3. The molecule has 0 radical (unpaired) electrons. The van der Waals surface area contributed by atoms with Crippen molar-refractivity contribution in [2.24, 2.45) is 11.7 Å². The van der Waals surface area contributed by atoms with Crippen LogP contribution in [0.2, 0.25) is 0 Å². The molecule has 0 aliphatic carbocycles. The monoisotopic (exact) mass is 338 g/mol. The molecule has 1 amide bonds. The highest BCUT2D eigenvalue weighted by Gasteiger charge is 2.26. The van der Waals surface area contributed by atoms with E-state index in [2.05, 4.69) is 48.6 Å². The van der Waals surface area contributed by atoms with Gasteiger partial charge in [0.15, 0.2) is 0 Å². The number of benzene rings is 2. The molecular formula is C21H26N2O2. The average Bonchev–Trinajstić information content (AvgIpc) is 2.67. The lowest BCUT2D eigenvalue weighted by Crippen LogP contribution is -2.46. The molecule has 25 heavy (non-hydrogen) atoms. The Morgan fingerprint density at radius 3 is 2.60 bits per heavy atom. The minimum atomic E-state index is -0.454. The summed E-state index contributed by atoms with van der Waals surface area (Å²) in [5, 5.41) is 2.98. The topological polar surface area (TPSA) is 64.4 Å². The molecule has 2 aromatic rings. The summed E-state index contributed by atoms with van der Waals surface area (Å²) in [6, 6.07) is 16.3. The van der Waals surface area contributed by atoms with Crippen molar-refractivity contribution >= 4 is 5.91 Å². The molecule has 0 bridgehead atoms. The molecule has 0 saturated carbocycles. The minimum Gasteiger partial charge on any atom is -0.381 e. The number of carbonyl (C=O) groups is 1. The zero-order valence-corrected chi connectivity index (χ0v) is 14.7. The number of aryl methyl sites for hydroxylation is 1. The Morgan fingerprint density at radius 2 is 1.88 bits per heavy atom. The molecule has 2 aromatic carbocycles. The van der Waals surface area contributed by atoms with Gasteiger partial charge >= 0.3 is 0 Å². The molecule has 1 saturated heterocycles. The van der Waals surface area contributed by atoms with Crippen molar-refractivity contribution in [2.75, 3.05) is 13.2 Å². The molecule has 3 N–H and O–H groups in total. The van der Waals surface area contributed by atoms with Gasteiger partial charge in [0.25, 0.3) is 0 Å². The summed E-state index contributed by atoms with van der Waals surface area (Å²) in [4.78, 5) is 12.3. The first kappa shape index (κ1) is 17.6. The largest absolute Gasteiger partial charge is 0.381 e. The zero-order valence-electron chi connectivity index (χ0n) is 14.7. The Kier molecular flexibility index (Phi) is 5.84. The minimum absolute atomic E-state index is 0.0763. The van der Waals surface area contributed by atoms with Crippen LogP contribution < -0.4 is 11.1 Å². The lowest BCUT2D eigenvalue weighted by molar-refractivity contribution is -0.124. The number of rotatable bonds is 5. The summed E-state index contributed by atoms with van der Waals surface area (Å²) < 4.78 is 5.33. The van der Waals surface area contributed by atoms with Crippen LogP contribution in [-0.2, 0) is 16.1 Å². The number of hydrogen-bond donors (Lipinski definition) is 2. The van der Waals surface area contributed by atoms with Gasteiger partial charge in [-0.25, -0.2) is 0 Å². The molecule has 0 spiro atoms. The summed E-state index contributed by atoms with van der Waals surface area (Å²) in [5.74, 6) is 0.139. The molecule has 1 atom stereocenters. The van der Waals surface area contributed by atoms with Gasteiger partial charge in [0.2, 0.25) is 5.91 Å². The van der Waals surface area contributed by atoms with Crippen LogP contribution in [0.5, 0.6) is 0 Å². The Morgan fingerprint density at radius 1 is 1.16 bits per heavy atom. The van der Waals surface area contributed by atoms with Crippen molar-refractivity contribution in [1.29, 1.82) is 0 Å². The highest BCUT2D eigenvalue weighted by molar-refractivity contribution is 5.81. The fourth-order valence-electron chi connectivity index (χ4n) is 3.20. The van der Waals surface area contributed by atoms with Crippen LogP contribution in [0.25, 0.3) is 11.1 Å². The van der Waals surface area contributed by atoms with E-state index in [0.29, 0.717) is 19.8 Å². The second-order valence-corrected chi connectivity index (χ2v) is 6.76. The Balaban J connectivity index is 1.60. The first-order valence-electron chi connectivity index (χ1n) is 8.90. The molecule has 1 aliphatic rings. The predicted octanol–water partition coefficient (Wildman–Crippen LogP) is 3.03. The summed E-state index contributed by atoms with van der Waals surface area (Å²) in [5.41, 5.74) is 10.8. The third kappa shape index (κ3) is 4.68. The fraction of sp³-hybridized carbons (Fsp3) is 0.381. The van der Waals surface area contributed by atoms with Crippen molar-refractivity contribution in [1.82, 2.24) is 5.32 Å². The molecule has 1 fully saturated rings. The van der Waals surface area contributed by atoms with Crippen molar-refractivity contribution in [3.63, 3.8) is 0 Å². The van der Waals surface area contributed by atoms with Gasteiger partial charge in [-0.05, 0) is 48.4 Å². The second-order valence-electron chi connectivity index (χ2n) is 6.76. The van der Waals surface area contributed by atoms with Crippen molar-refractivity contribution < 1.29 is 9.53 Å². The van der Waals surface area contributed by atoms with E-state index in [-0.39, 0.29) is 11.8 Å². The van der Waals surface area contributed by atoms with E-state index in [0.717, 1.165) is 24.0 Å². The third-order valence-corrected chi connectivity index (χ3v) is 4.86. The van der Waals surface area contributed by atoms with E-state index in [9.17, 15) is 4.79 Å². The number of nitrogens with two attached hydrogens (primary N) is 1. The van der Waals surface area contributed by atoms with Gasteiger partial charge in [-0.1, -0.05) is 48.0 Å². The molecule has 1 aliphatic heterocycles. The molecule has 4 nitrogen and oxygen atoms in total. The van der Waals surface area contributed by atoms with Crippen molar-refractivity contribution in [3.05, 3.63) is 59.7 Å². The van der Waals surface area contributed by atoms with Gasteiger partial charge in [0.05, 0.1) is 6.04 Å². The average molecular weight is 338 g/mol. The normalized spacial score (nSPS) is 16.4. The van der Waals surface area contributed by atoms with Crippen LogP contribution in [0, 0.1) is 12.8 Å². The standard InChI is InChI=1S/C21H26N2O2/c1-15-5-7-17(8-6-15)19-4-2-3-16(13-19)14-23-21(24)20(22)18-9-11-25-12-10-18/h2-8,13,18,20H,9-12,14,22H2,1H3,(H,23,24). The second kappa shape index (κ2) is 8.28. The van der Waals surface area contributed by atoms with E-state index >= 15 is 0 Å². The highest BCUT2D eigenvalue weighted by Crippen LogP contribution is 2.21. The number of carbonyl (C=O) groups excluding carboxylic acids is 1. The van der Waals surface area contributed by atoms with E-state index in [1.807, 2.05) is 12.1 Å². The molecule has 132 valence electrons. The van der Waals surface area contributed by atoms with E-state index in [1.165, 1.54) is 11.1 Å². The summed E-state index contributed by atoms with van der Waals surface area (Å²) >= 11 is 0. The third-order valence-electron chi connectivity index (χ3n) is 4.86. The van der Waals surface area contributed by atoms with E-state index in [1.54, 1.807) is 0 Å². The number of hydrogen-bond acceptors (Lipinski definition) is 3. The van der Waals surface area contributed by atoms with Gasteiger partial charge in [0.1, 0.15) is 0 Å². The Bertz CT molecular complexity index is 706. The quantitative estimate of drug-likeness (QED) is 0.881. The lowest BCUT2D eigenvalue weighted by atomic mass is 9.92. The van der Waals surface area contributed by atoms with E-state index < -0.39 is 6.04 Å². The SMILES string of the molecule is Cc1ccc(-c2cccc(CNC(=O)C(N)C3CCOCC3)c2)cc1. The molecule has 4 heteroatoms. The van der Waals surface area contributed by atoms with Crippen LogP contribution in [0.15, 0.2) is 48.5 Å². The maximum absolute atomic E-state index is 12.3. The molecule has 3 rings (SSSR count). The smallest absolute Gasteiger partial charge is 0.237 e. The number of amides is 1. The summed E-state index contributed by atoms with van der Waals surface area (Å²) in [7, 11) is 0. The van der Waals surface area contributed by atoms with Gasteiger partial charge in [-0.3, -0.25) is 4.79 Å². The Hall–Kier alpha value is -2.17. The van der Waals surface area contributed by atoms with Crippen LogP contribution in [0.3, 0.4) is 0 Å². The highest BCUT2D eigenvalue weighted by atomic mass is 16.5. The Labute approximate surface area is 149 Å². The van der Waals surface area contributed by atoms with Gasteiger partial charge < -0.3 is 15.8 Å². The summed E-state index contributed by atoms with van der Waals surface area (Å²) in [6.07, 6.45) is 1.72. The number of ether oxygens (including phenoxy) is 1. The van der Waals surface area contributed by atoms with Crippen LogP contribution in [-0.4, -0.2) is 25.2 Å². The predicted molar refractivity (Wildman–Crippen MR) is 100.0 cm³/mol. The first-order valence-corrected chi connectivity index (χ1v) is 8.90.